The first kappa shape index (κ1) is 15.1. The molecule has 0 radical (unpaired) electrons. The second kappa shape index (κ2) is 4.58. The number of Topliss-reactive ketones (excluding diaryl/α,β-unsaturated/α-hetero) is 2. The third-order valence-corrected chi connectivity index (χ3v) is 5.85. The van der Waals surface area contributed by atoms with E-state index in [0.29, 0.717) is 24.2 Å². The van der Waals surface area contributed by atoms with Crippen molar-refractivity contribution in [1.29, 1.82) is 0 Å². The van der Waals surface area contributed by atoms with Crippen LogP contribution in [0.15, 0.2) is 12.1 Å². The molecule has 0 spiro atoms. The van der Waals surface area contributed by atoms with Crippen LogP contribution in [0.5, 0.6) is 11.5 Å². The molecule has 0 amide bonds. The molecule has 0 saturated heterocycles. The molecular weight excluding hydrogens is 280 g/mol. The minimum absolute atomic E-state index is 0.00166. The lowest BCUT2D eigenvalue weighted by Gasteiger charge is -2.52. The number of benzene rings is 1. The van der Waals surface area contributed by atoms with Gasteiger partial charge in [-0.25, -0.2) is 0 Å². The van der Waals surface area contributed by atoms with Gasteiger partial charge in [0.2, 0.25) is 0 Å². The molecule has 1 aromatic rings. The summed E-state index contributed by atoms with van der Waals surface area (Å²) >= 11 is 0. The Morgan fingerprint density at radius 3 is 2.55 bits per heavy atom. The van der Waals surface area contributed by atoms with Crippen molar-refractivity contribution in [2.45, 2.75) is 45.4 Å². The molecule has 2 aliphatic rings. The summed E-state index contributed by atoms with van der Waals surface area (Å²) < 4.78 is 5.22. The molecule has 1 saturated carbocycles. The van der Waals surface area contributed by atoms with Crippen LogP contribution in [0, 0.1) is 11.3 Å². The first-order chi connectivity index (χ1) is 10.2. The summed E-state index contributed by atoms with van der Waals surface area (Å²) in [6.07, 6.45) is 1.61. The molecule has 1 N–H and O–H groups in total. The minimum atomic E-state index is -0.508. The molecule has 0 aliphatic heterocycles. The van der Waals surface area contributed by atoms with E-state index in [1.165, 1.54) is 13.2 Å². The van der Waals surface area contributed by atoms with E-state index in [1.807, 2.05) is 13.8 Å². The number of fused-ring (bicyclic) bond motifs is 3. The molecule has 3 rings (SSSR count). The highest BCUT2D eigenvalue weighted by Crippen LogP contribution is 2.56. The molecule has 0 unspecified atom stereocenters. The number of phenols is 1. The number of rotatable bonds is 1. The first-order valence-corrected chi connectivity index (χ1v) is 7.70. The van der Waals surface area contributed by atoms with Crippen molar-refractivity contribution in [3.8, 4) is 11.5 Å². The molecule has 0 aromatic heterocycles. The number of ether oxygens (including phenoxy) is 1. The van der Waals surface area contributed by atoms with Gasteiger partial charge < -0.3 is 9.84 Å². The zero-order valence-corrected chi connectivity index (χ0v) is 13.5. The molecule has 0 bridgehead atoms. The Hall–Kier alpha value is -1.84. The van der Waals surface area contributed by atoms with Crippen LogP contribution in [0.3, 0.4) is 0 Å². The van der Waals surface area contributed by atoms with Crippen LogP contribution in [-0.4, -0.2) is 23.8 Å². The summed E-state index contributed by atoms with van der Waals surface area (Å²) in [5.41, 5.74) is 0.721. The van der Waals surface area contributed by atoms with E-state index in [1.54, 1.807) is 6.07 Å². The highest BCUT2D eigenvalue weighted by atomic mass is 16.5. The molecule has 2 aliphatic carbocycles. The van der Waals surface area contributed by atoms with Crippen LogP contribution in [0.25, 0.3) is 0 Å². The number of carbonyl (C=O) groups excluding carboxylic acids is 2. The van der Waals surface area contributed by atoms with Crippen LogP contribution in [-0.2, 0) is 10.2 Å². The number of ketones is 2. The smallest absolute Gasteiger partial charge is 0.163 e. The van der Waals surface area contributed by atoms with E-state index in [9.17, 15) is 14.7 Å². The molecule has 22 heavy (non-hydrogen) atoms. The predicted molar refractivity (Wildman–Crippen MR) is 82.5 cm³/mol. The standard InChI is InChI=1S/C18H22O4/c1-17(2)15-9-12(19)10-7-13(20)14(22-4)8-11(10)18(15,3)6-5-16(17)21/h7-8,15,20H,5-6,9H2,1-4H3/t15-,18-/m0/s1. The summed E-state index contributed by atoms with van der Waals surface area (Å²) in [6, 6.07) is 3.29. The lowest BCUT2D eigenvalue weighted by Crippen LogP contribution is -2.53. The maximum absolute atomic E-state index is 12.6. The topological polar surface area (TPSA) is 63.6 Å². The predicted octanol–water partition coefficient (Wildman–Crippen LogP) is 3.25. The van der Waals surface area contributed by atoms with E-state index < -0.39 is 5.41 Å². The Labute approximate surface area is 130 Å². The largest absolute Gasteiger partial charge is 0.504 e. The number of methoxy groups -OCH3 is 1. The fourth-order valence-corrected chi connectivity index (χ4v) is 4.39. The van der Waals surface area contributed by atoms with Crippen molar-refractivity contribution in [1.82, 2.24) is 0 Å². The quantitative estimate of drug-likeness (QED) is 0.865. The average molecular weight is 302 g/mol. The molecule has 4 nitrogen and oxygen atoms in total. The lowest BCUT2D eigenvalue weighted by atomic mass is 9.50. The SMILES string of the molecule is COc1cc2c(cc1O)C(=O)C[C@H]1C(C)(C)C(=O)CC[C@@]21C. The summed E-state index contributed by atoms with van der Waals surface area (Å²) in [6.45, 7) is 6.04. The monoisotopic (exact) mass is 302 g/mol. The van der Waals surface area contributed by atoms with E-state index in [-0.39, 0.29) is 28.6 Å². The molecule has 0 heterocycles. The second-order valence-corrected chi connectivity index (χ2v) is 7.31. The van der Waals surface area contributed by atoms with Gasteiger partial charge in [0.05, 0.1) is 7.11 Å². The minimum Gasteiger partial charge on any atom is -0.504 e. The fraction of sp³-hybridized carbons (Fsp3) is 0.556. The molecule has 2 atom stereocenters. The molecule has 1 fully saturated rings. The van der Waals surface area contributed by atoms with Crippen molar-refractivity contribution >= 4 is 11.6 Å². The van der Waals surface area contributed by atoms with E-state index in [4.69, 9.17) is 4.74 Å². The molecule has 4 heteroatoms. The Morgan fingerprint density at radius 1 is 1.23 bits per heavy atom. The highest BCUT2D eigenvalue weighted by molar-refractivity contribution is 6.01. The average Bonchev–Trinajstić information content (AvgIpc) is 2.46. The van der Waals surface area contributed by atoms with Crippen LogP contribution < -0.4 is 4.74 Å². The Morgan fingerprint density at radius 2 is 1.91 bits per heavy atom. The first-order valence-electron chi connectivity index (χ1n) is 7.70. The zero-order chi connectivity index (χ0) is 16.3. The Kier molecular flexibility index (Phi) is 3.13. The molecule has 1 aromatic carbocycles. The van der Waals surface area contributed by atoms with Gasteiger partial charge in [0.15, 0.2) is 17.3 Å². The Bertz CT molecular complexity index is 674. The van der Waals surface area contributed by atoms with Crippen molar-refractivity contribution in [2.24, 2.45) is 11.3 Å². The molecule has 118 valence electrons. The Balaban J connectivity index is 2.23. The second-order valence-electron chi connectivity index (χ2n) is 7.31. The van der Waals surface area contributed by atoms with Gasteiger partial charge >= 0.3 is 0 Å². The maximum Gasteiger partial charge on any atom is 0.163 e. The summed E-state index contributed by atoms with van der Waals surface area (Å²) in [5, 5.41) is 9.98. The van der Waals surface area contributed by atoms with Gasteiger partial charge in [-0.15, -0.1) is 0 Å². The summed E-state index contributed by atoms with van der Waals surface area (Å²) in [5.74, 6) is 0.580. The van der Waals surface area contributed by atoms with Gasteiger partial charge in [-0.05, 0) is 35.4 Å². The number of carbonyl (C=O) groups is 2. The maximum atomic E-state index is 12.6. The van der Waals surface area contributed by atoms with Gasteiger partial charge in [-0.3, -0.25) is 9.59 Å². The third-order valence-electron chi connectivity index (χ3n) is 5.85. The fourth-order valence-electron chi connectivity index (χ4n) is 4.39. The number of hydrogen-bond acceptors (Lipinski definition) is 4. The van der Waals surface area contributed by atoms with Gasteiger partial charge in [0.25, 0.3) is 0 Å². The third kappa shape index (κ3) is 1.82. The van der Waals surface area contributed by atoms with Crippen LogP contribution in [0.4, 0.5) is 0 Å². The van der Waals surface area contributed by atoms with Crippen molar-refractivity contribution < 1.29 is 19.4 Å². The zero-order valence-electron chi connectivity index (χ0n) is 13.5. The summed E-state index contributed by atoms with van der Waals surface area (Å²) in [7, 11) is 1.50. The van der Waals surface area contributed by atoms with Gasteiger partial charge in [0, 0.05) is 23.8 Å². The number of aromatic hydroxyl groups is 1. The normalized spacial score (nSPS) is 29.7. The van der Waals surface area contributed by atoms with E-state index in [2.05, 4.69) is 6.92 Å². The lowest BCUT2D eigenvalue weighted by molar-refractivity contribution is -0.136. The highest BCUT2D eigenvalue weighted by Gasteiger charge is 2.55. The van der Waals surface area contributed by atoms with Crippen LogP contribution >= 0.6 is 0 Å². The van der Waals surface area contributed by atoms with Gasteiger partial charge in [0.1, 0.15) is 5.78 Å². The van der Waals surface area contributed by atoms with E-state index in [0.717, 1.165) is 12.0 Å². The van der Waals surface area contributed by atoms with Crippen molar-refractivity contribution in [3.63, 3.8) is 0 Å². The van der Waals surface area contributed by atoms with Crippen LogP contribution in [0.1, 0.15) is 56.0 Å². The van der Waals surface area contributed by atoms with Crippen molar-refractivity contribution in [2.75, 3.05) is 7.11 Å². The van der Waals surface area contributed by atoms with Crippen molar-refractivity contribution in [3.05, 3.63) is 23.3 Å². The van der Waals surface area contributed by atoms with Gasteiger partial charge in [-0.2, -0.15) is 0 Å². The van der Waals surface area contributed by atoms with Gasteiger partial charge in [-0.1, -0.05) is 20.8 Å². The summed E-state index contributed by atoms with van der Waals surface area (Å²) in [4.78, 5) is 24.9. The number of phenolic OH excluding ortho intramolecular Hbond substituents is 1. The molecular formula is C18H22O4. The number of hydrogen-bond donors (Lipinski definition) is 1. The van der Waals surface area contributed by atoms with E-state index >= 15 is 0 Å². The van der Waals surface area contributed by atoms with Crippen LogP contribution in [0.2, 0.25) is 0 Å².